The summed E-state index contributed by atoms with van der Waals surface area (Å²) >= 11 is 1.75. The summed E-state index contributed by atoms with van der Waals surface area (Å²) in [7, 11) is 0. The van der Waals surface area contributed by atoms with Gasteiger partial charge in [-0.1, -0.05) is 12.1 Å². The molecule has 152 valence electrons. The van der Waals surface area contributed by atoms with Gasteiger partial charge in [0.25, 0.3) is 5.91 Å². The number of benzene rings is 1. The van der Waals surface area contributed by atoms with Crippen molar-refractivity contribution in [2.75, 3.05) is 6.54 Å². The van der Waals surface area contributed by atoms with Crippen LogP contribution < -0.4 is 10.6 Å². The van der Waals surface area contributed by atoms with E-state index in [0.29, 0.717) is 24.7 Å². The number of hydrogen-bond acceptors (Lipinski definition) is 4. The van der Waals surface area contributed by atoms with Crippen LogP contribution in [0, 0.1) is 0 Å². The van der Waals surface area contributed by atoms with Gasteiger partial charge in [-0.15, -0.1) is 11.3 Å². The maximum Gasteiger partial charge on any atom is 0.251 e. The zero-order valence-electron chi connectivity index (χ0n) is 16.3. The van der Waals surface area contributed by atoms with Crippen molar-refractivity contribution in [3.63, 3.8) is 0 Å². The third kappa shape index (κ3) is 5.23. The average Bonchev–Trinajstić information content (AvgIpc) is 3.43. The van der Waals surface area contributed by atoms with E-state index >= 15 is 0 Å². The van der Waals surface area contributed by atoms with Crippen molar-refractivity contribution in [2.45, 2.75) is 51.2 Å². The Kier molecular flexibility index (Phi) is 5.94. The number of carbonyl (C=O) groups excluding carboxylic acids is 3. The van der Waals surface area contributed by atoms with Gasteiger partial charge in [-0.3, -0.25) is 14.4 Å². The lowest BCUT2D eigenvalue weighted by Crippen LogP contribution is -2.36. The van der Waals surface area contributed by atoms with Crippen molar-refractivity contribution >= 4 is 29.1 Å². The number of hydrogen-bond donors (Lipinski definition) is 2. The lowest BCUT2D eigenvalue weighted by molar-refractivity contribution is -0.134. The van der Waals surface area contributed by atoms with E-state index in [1.165, 1.54) is 10.4 Å². The van der Waals surface area contributed by atoms with Crippen LogP contribution in [0.1, 0.15) is 52.0 Å². The molecule has 4 rings (SSSR count). The molecule has 0 saturated heterocycles. The molecule has 0 spiro atoms. The maximum absolute atomic E-state index is 12.4. The minimum absolute atomic E-state index is 0.0306. The van der Waals surface area contributed by atoms with Crippen LogP contribution in [0.4, 0.5) is 0 Å². The van der Waals surface area contributed by atoms with Gasteiger partial charge in [-0.25, -0.2) is 0 Å². The first-order chi connectivity index (χ1) is 14.1. The van der Waals surface area contributed by atoms with Crippen LogP contribution in [0.2, 0.25) is 0 Å². The van der Waals surface area contributed by atoms with Crippen molar-refractivity contribution in [1.82, 2.24) is 15.5 Å². The first-order valence-electron chi connectivity index (χ1n) is 10.1. The van der Waals surface area contributed by atoms with E-state index in [1.807, 2.05) is 17.0 Å². The first-order valence-corrected chi connectivity index (χ1v) is 11.0. The summed E-state index contributed by atoms with van der Waals surface area (Å²) in [6.45, 7) is 1.77. The molecule has 2 aliphatic rings. The summed E-state index contributed by atoms with van der Waals surface area (Å²) in [5.74, 6) is -0.154. The molecule has 6 nitrogen and oxygen atoms in total. The molecular formula is C22H25N3O3S. The summed E-state index contributed by atoms with van der Waals surface area (Å²) in [5, 5.41) is 7.87. The lowest BCUT2D eigenvalue weighted by atomic mass is 10.1. The topological polar surface area (TPSA) is 78.5 Å². The minimum atomic E-state index is -0.137. The Hall–Kier alpha value is -2.67. The summed E-state index contributed by atoms with van der Waals surface area (Å²) in [5.41, 5.74) is 2.79. The Bertz CT molecular complexity index is 902. The molecule has 0 atom stereocenters. The molecule has 2 aromatic rings. The Morgan fingerprint density at radius 2 is 1.86 bits per heavy atom. The van der Waals surface area contributed by atoms with Crippen LogP contribution in [0.15, 0.2) is 35.7 Å². The number of nitrogens with zero attached hydrogens (tertiary/aromatic N) is 1. The number of fused-ring (bicyclic) bond motifs is 1. The lowest BCUT2D eigenvalue weighted by Gasteiger charge is -2.27. The van der Waals surface area contributed by atoms with Crippen molar-refractivity contribution in [2.24, 2.45) is 0 Å². The Morgan fingerprint density at radius 3 is 2.62 bits per heavy atom. The third-order valence-corrected chi connectivity index (χ3v) is 6.37. The van der Waals surface area contributed by atoms with Crippen LogP contribution in [-0.2, 0) is 29.1 Å². The summed E-state index contributed by atoms with van der Waals surface area (Å²) in [6.07, 6.45) is 3.44. The number of amides is 3. The fraction of sp³-hybridized carbons (Fsp3) is 0.409. The highest BCUT2D eigenvalue weighted by molar-refractivity contribution is 7.10. The molecule has 0 radical (unpaired) electrons. The monoisotopic (exact) mass is 411 g/mol. The molecule has 1 aromatic carbocycles. The maximum atomic E-state index is 12.4. The molecule has 7 heteroatoms. The van der Waals surface area contributed by atoms with E-state index in [4.69, 9.17) is 0 Å². The molecule has 3 amide bonds. The van der Waals surface area contributed by atoms with Gasteiger partial charge in [-0.2, -0.15) is 0 Å². The number of nitrogens with one attached hydrogen (secondary N) is 2. The zero-order chi connectivity index (χ0) is 20.2. The normalized spacial score (nSPS) is 15.5. The highest BCUT2D eigenvalue weighted by Gasteiger charge is 2.24. The molecule has 0 unspecified atom stereocenters. The van der Waals surface area contributed by atoms with E-state index in [9.17, 15) is 14.4 Å². The molecule has 1 aromatic heterocycles. The summed E-state index contributed by atoms with van der Waals surface area (Å²) < 4.78 is 0. The van der Waals surface area contributed by atoms with Gasteiger partial charge in [0.1, 0.15) is 0 Å². The highest BCUT2D eigenvalue weighted by atomic mass is 32.1. The van der Waals surface area contributed by atoms with Crippen LogP contribution >= 0.6 is 11.3 Å². The average molecular weight is 412 g/mol. The van der Waals surface area contributed by atoms with Crippen molar-refractivity contribution in [1.29, 1.82) is 0 Å². The SMILES string of the molecule is O=C(CCC(=O)N1CCc2sccc2C1)NCc1ccc(C(=O)NC2CC2)cc1. The molecule has 29 heavy (non-hydrogen) atoms. The molecule has 0 bridgehead atoms. The zero-order valence-corrected chi connectivity index (χ0v) is 17.1. The quantitative estimate of drug-likeness (QED) is 0.735. The molecule has 1 saturated carbocycles. The van der Waals surface area contributed by atoms with Gasteiger partial charge in [0.05, 0.1) is 0 Å². The largest absolute Gasteiger partial charge is 0.352 e. The standard InChI is InChI=1S/C22H25N3O3S/c26-20(7-8-21(27)25-11-9-19-17(14-25)10-12-29-19)23-13-15-1-3-16(4-2-15)22(28)24-18-5-6-18/h1-4,10,12,18H,5-9,11,13-14H2,(H,23,26)(H,24,28). The second-order valence-corrected chi connectivity index (χ2v) is 8.66. The van der Waals surface area contributed by atoms with Crippen LogP contribution in [0.5, 0.6) is 0 Å². The van der Waals surface area contributed by atoms with E-state index in [0.717, 1.165) is 31.4 Å². The summed E-state index contributed by atoms with van der Waals surface area (Å²) in [6, 6.07) is 9.66. The van der Waals surface area contributed by atoms with Gasteiger partial charge in [0, 0.05) is 49.0 Å². The van der Waals surface area contributed by atoms with E-state index in [1.54, 1.807) is 23.5 Å². The van der Waals surface area contributed by atoms with Gasteiger partial charge in [0.15, 0.2) is 0 Å². The van der Waals surface area contributed by atoms with Crippen LogP contribution in [-0.4, -0.2) is 35.2 Å². The third-order valence-electron chi connectivity index (χ3n) is 5.34. The van der Waals surface area contributed by atoms with Crippen molar-refractivity contribution in [3.8, 4) is 0 Å². The van der Waals surface area contributed by atoms with Crippen LogP contribution in [0.25, 0.3) is 0 Å². The number of thiophene rings is 1. The fourth-order valence-electron chi connectivity index (χ4n) is 3.40. The first kappa shape index (κ1) is 19.6. The fourth-order valence-corrected chi connectivity index (χ4v) is 4.29. The van der Waals surface area contributed by atoms with E-state index < -0.39 is 0 Å². The molecule has 2 heterocycles. The van der Waals surface area contributed by atoms with E-state index in [-0.39, 0.29) is 30.6 Å². The number of carbonyl (C=O) groups is 3. The molecule has 1 aliphatic heterocycles. The molecule has 1 aliphatic carbocycles. The smallest absolute Gasteiger partial charge is 0.251 e. The highest BCUT2D eigenvalue weighted by Crippen LogP contribution is 2.24. The number of rotatable bonds is 7. The van der Waals surface area contributed by atoms with Crippen molar-refractivity contribution in [3.05, 3.63) is 57.3 Å². The molecule has 1 fully saturated rings. The second-order valence-electron chi connectivity index (χ2n) is 7.66. The summed E-state index contributed by atoms with van der Waals surface area (Å²) in [4.78, 5) is 39.7. The Balaban J connectivity index is 1.18. The Morgan fingerprint density at radius 1 is 1.07 bits per heavy atom. The van der Waals surface area contributed by atoms with Gasteiger partial charge < -0.3 is 15.5 Å². The van der Waals surface area contributed by atoms with E-state index in [2.05, 4.69) is 22.1 Å². The predicted molar refractivity (Wildman–Crippen MR) is 111 cm³/mol. The van der Waals surface area contributed by atoms with Gasteiger partial charge in [-0.05, 0) is 54.0 Å². The minimum Gasteiger partial charge on any atom is -0.352 e. The van der Waals surface area contributed by atoms with Gasteiger partial charge >= 0.3 is 0 Å². The Labute approximate surface area is 174 Å². The molecule has 2 N–H and O–H groups in total. The predicted octanol–water partition coefficient (Wildman–Crippen LogP) is 2.62. The molecular weight excluding hydrogens is 386 g/mol. The second kappa shape index (κ2) is 8.78. The van der Waals surface area contributed by atoms with Crippen LogP contribution in [0.3, 0.4) is 0 Å². The van der Waals surface area contributed by atoms with Crippen molar-refractivity contribution < 1.29 is 14.4 Å². The van der Waals surface area contributed by atoms with Gasteiger partial charge in [0.2, 0.25) is 11.8 Å².